The number of piperidine rings is 2. The number of fused-ring (bicyclic) bond motifs is 1. The lowest BCUT2D eigenvalue weighted by Crippen LogP contribution is -2.66. The number of carboxylic acid groups (broad SMARTS) is 1. The number of carbonyl (C=O) groups is 4. The molecule has 4 saturated heterocycles. The Morgan fingerprint density at radius 2 is 2.02 bits per heavy atom. The molecule has 14 nitrogen and oxygen atoms in total. The molecule has 0 radical (unpaired) electrons. The molecule has 0 bridgehead atoms. The number of rotatable bonds is 8. The quantitative estimate of drug-likeness (QED) is 0.284. The molecule has 228 valence electrons. The molecule has 4 fully saturated rings. The third kappa shape index (κ3) is 5.08. The van der Waals surface area contributed by atoms with Crippen molar-refractivity contribution in [3.63, 3.8) is 0 Å². The number of carboxylic acids is 1. The fourth-order valence-corrected chi connectivity index (χ4v) is 9.17. The first-order chi connectivity index (χ1) is 20.2. The van der Waals surface area contributed by atoms with E-state index in [9.17, 15) is 24.3 Å². The van der Waals surface area contributed by atoms with Crippen LogP contribution in [0.15, 0.2) is 16.9 Å². The number of aliphatic carboxylic acids is 1. The van der Waals surface area contributed by atoms with Gasteiger partial charge in [0.05, 0.1) is 18.0 Å². The molecule has 6 rings (SSSR count). The SMILES string of the molecule is C[C@@H](NC(=O)Cn1cnnn1)[C@H]1C(=O)N2C(C(=O)O)=C(S[C@@H]3CN[C@H](C(=O)N4CCCCC45CCNCC5)C3)[C@H](C)[C@H]12. The highest BCUT2D eigenvalue weighted by atomic mass is 32.2. The Kier molecular flexibility index (Phi) is 8.00. The molecule has 1 aromatic heterocycles. The summed E-state index contributed by atoms with van der Waals surface area (Å²) in [6, 6.07) is -1.14. The summed E-state index contributed by atoms with van der Waals surface area (Å²) in [5.74, 6) is -2.35. The second-order valence-corrected chi connectivity index (χ2v) is 13.6. The number of likely N-dealkylation sites (tertiary alicyclic amines) is 1. The van der Waals surface area contributed by atoms with Crippen molar-refractivity contribution in [3.05, 3.63) is 16.9 Å². The van der Waals surface area contributed by atoms with Gasteiger partial charge in [0.2, 0.25) is 17.7 Å². The van der Waals surface area contributed by atoms with Gasteiger partial charge in [-0.1, -0.05) is 6.92 Å². The third-order valence-electron chi connectivity index (χ3n) is 9.74. The number of nitrogens with zero attached hydrogens (tertiary/aromatic N) is 6. The van der Waals surface area contributed by atoms with Gasteiger partial charge in [0, 0.05) is 40.7 Å². The molecule has 0 saturated carbocycles. The van der Waals surface area contributed by atoms with Gasteiger partial charge in [0.25, 0.3) is 0 Å². The summed E-state index contributed by atoms with van der Waals surface area (Å²) in [5.41, 5.74) is -0.0162. The van der Waals surface area contributed by atoms with Gasteiger partial charge in [-0.15, -0.1) is 16.9 Å². The topological polar surface area (TPSA) is 175 Å². The highest BCUT2D eigenvalue weighted by Crippen LogP contribution is 2.52. The van der Waals surface area contributed by atoms with Crippen LogP contribution in [0.3, 0.4) is 0 Å². The fourth-order valence-electron chi connectivity index (χ4n) is 7.69. The maximum atomic E-state index is 13.8. The van der Waals surface area contributed by atoms with Crippen LogP contribution in [0.25, 0.3) is 0 Å². The van der Waals surface area contributed by atoms with Crippen molar-refractivity contribution in [2.45, 2.75) is 87.8 Å². The van der Waals surface area contributed by atoms with Gasteiger partial charge in [-0.25, -0.2) is 9.48 Å². The van der Waals surface area contributed by atoms with E-state index in [0.29, 0.717) is 17.9 Å². The van der Waals surface area contributed by atoms with Crippen LogP contribution in [-0.4, -0.2) is 114 Å². The van der Waals surface area contributed by atoms with Gasteiger partial charge in [-0.2, -0.15) is 0 Å². The Morgan fingerprint density at radius 3 is 2.74 bits per heavy atom. The van der Waals surface area contributed by atoms with Crippen LogP contribution in [0.5, 0.6) is 0 Å². The number of tetrazole rings is 1. The maximum Gasteiger partial charge on any atom is 0.353 e. The molecule has 6 atom stereocenters. The number of carbonyl (C=O) groups excluding carboxylic acids is 3. The molecule has 1 spiro atoms. The normalized spacial score (nSPS) is 31.2. The van der Waals surface area contributed by atoms with Gasteiger partial charge >= 0.3 is 5.97 Å². The minimum atomic E-state index is -1.13. The van der Waals surface area contributed by atoms with E-state index in [1.165, 1.54) is 27.7 Å². The van der Waals surface area contributed by atoms with Crippen LogP contribution < -0.4 is 16.0 Å². The zero-order valence-corrected chi connectivity index (χ0v) is 24.8. The summed E-state index contributed by atoms with van der Waals surface area (Å²) in [6.07, 6.45) is 7.16. The predicted molar refractivity (Wildman–Crippen MR) is 152 cm³/mol. The molecule has 1 aromatic rings. The van der Waals surface area contributed by atoms with E-state index in [-0.39, 0.29) is 58.8 Å². The monoisotopic (exact) mass is 601 g/mol. The van der Waals surface area contributed by atoms with E-state index < -0.39 is 17.9 Å². The van der Waals surface area contributed by atoms with Gasteiger partial charge in [0.1, 0.15) is 18.6 Å². The average Bonchev–Trinajstić information content (AvgIpc) is 3.69. The van der Waals surface area contributed by atoms with Gasteiger partial charge in [-0.05, 0) is 69.0 Å². The highest BCUT2D eigenvalue weighted by molar-refractivity contribution is 8.03. The van der Waals surface area contributed by atoms with E-state index in [1.54, 1.807) is 6.92 Å². The minimum absolute atomic E-state index is 0.0141. The summed E-state index contributed by atoms with van der Waals surface area (Å²) in [7, 11) is 0. The van der Waals surface area contributed by atoms with Gasteiger partial charge < -0.3 is 30.9 Å². The van der Waals surface area contributed by atoms with Crippen LogP contribution in [0.1, 0.15) is 52.4 Å². The summed E-state index contributed by atoms with van der Waals surface area (Å²) in [6.45, 7) is 6.90. The number of aromatic nitrogens is 4. The average molecular weight is 602 g/mol. The van der Waals surface area contributed by atoms with Crippen LogP contribution >= 0.6 is 11.8 Å². The Balaban J connectivity index is 1.11. The van der Waals surface area contributed by atoms with Crippen molar-refractivity contribution in [2.75, 3.05) is 26.2 Å². The molecule has 0 unspecified atom stereocenters. The summed E-state index contributed by atoms with van der Waals surface area (Å²) in [5, 5.41) is 30.6. The van der Waals surface area contributed by atoms with Gasteiger partial charge in [0.15, 0.2) is 0 Å². The van der Waals surface area contributed by atoms with Crippen molar-refractivity contribution < 1.29 is 24.3 Å². The Morgan fingerprint density at radius 1 is 1.24 bits per heavy atom. The fraction of sp³-hybridized carbons (Fsp3) is 0.741. The third-order valence-corrected chi connectivity index (χ3v) is 11.3. The van der Waals surface area contributed by atoms with Crippen LogP contribution in [0, 0.1) is 11.8 Å². The summed E-state index contributed by atoms with van der Waals surface area (Å²) < 4.78 is 1.29. The van der Waals surface area contributed by atoms with Crippen molar-refractivity contribution >= 4 is 35.5 Å². The molecule has 5 aliphatic heterocycles. The number of nitrogens with one attached hydrogen (secondary N) is 3. The number of thioether (sulfide) groups is 1. The lowest BCUT2D eigenvalue weighted by atomic mass is 9.78. The molecule has 0 aromatic carbocycles. The second-order valence-electron chi connectivity index (χ2n) is 12.3. The second kappa shape index (κ2) is 11.6. The molecular weight excluding hydrogens is 562 g/mol. The van der Waals surface area contributed by atoms with Crippen molar-refractivity contribution in [1.29, 1.82) is 0 Å². The molecule has 4 N–H and O–H groups in total. The smallest absolute Gasteiger partial charge is 0.353 e. The van der Waals surface area contributed by atoms with E-state index in [1.807, 2.05) is 6.92 Å². The number of hydrogen-bond acceptors (Lipinski definition) is 10. The molecule has 6 heterocycles. The zero-order valence-electron chi connectivity index (χ0n) is 24.0. The minimum Gasteiger partial charge on any atom is -0.477 e. The van der Waals surface area contributed by atoms with E-state index in [0.717, 1.165) is 51.7 Å². The Labute approximate surface area is 248 Å². The highest BCUT2D eigenvalue weighted by Gasteiger charge is 2.60. The number of amides is 3. The molecule has 3 amide bonds. The standard InChI is InChI=1S/C27H39N9O5S/c1-15-21-20(16(2)31-19(37)13-34-14-30-32-33-34)25(39)36(21)22(26(40)41)23(15)42-17-11-18(29-12-17)24(38)35-10-4-3-5-27(35)6-8-28-9-7-27/h14-18,20-21,28-29H,3-13H2,1-2H3,(H,31,37)(H,40,41)/t15-,16-,17+,18+,20-,21-/m1/s1. The molecule has 0 aliphatic carbocycles. The summed E-state index contributed by atoms with van der Waals surface area (Å²) in [4.78, 5) is 56.2. The number of β-lactam (4-membered cyclic amide) rings is 1. The van der Waals surface area contributed by atoms with E-state index in [2.05, 4.69) is 36.4 Å². The van der Waals surface area contributed by atoms with Crippen LogP contribution in [-0.2, 0) is 25.7 Å². The largest absolute Gasteiger partial charge is 0.477 e. The molecular formula is C27H39N9O5S. The maximum absolute atomic E-state index is 13.8. The van der Waals surface area contributed by atoms with E-state index >= 15 is 0 Å². The number of hydrogen-bond donors (Lipinski definition) is 4. The Hall–Kier alpha value is -3.04. The Bertz CT molecular complexity index is 1260. The van der Waals surface area contributed by atoms with E-state index in [4.69, 9.17) is 0 Å². The first kappa shape index (κ1) is 29.1. The lowest BCUT2D eigenvalue weighted by molar-refractivity contribution is -0.158. The van der Waals surface area contributed by atoms with Gasteiger partial charge in [-0.3, -0.25) is 14.4 Å². The first-order valence-corrected chi connectivity index (χ1v) is 15.8. The van der Waals surface area contributed by atoms with Crippen molar-refractivity contribution in [3.8, 4) is 0 Å². The van der Waals surface area contributed by atoms with Crippen LogP contribution in [0.4, 0.5) is 0 Å². The summed E-state index contributed by atoms with van der Waals surface area (Å²) >= 11 is 1.48. The van der Waals surface area contributed by atoms with Crippen LogP contribution in [0.2, 0.25) is 0 Å². The zero-order chi connectivity index (χ0) is 29.6. The molecule has 5 aliphatic rings. The van der Waals surface area contributed by atoms with Crippen molar-refractivity contribution in [2.24, 2.45) is 11.8 Å². The molecule has 15 heteroatoms. The predicted octanol–water partition coefficient (Wildman–Crippen LogP) is -0.451. The molecule has 42 heavy (non-hydrogen) atoms. The van der Waals surface area contributed by atoms with Crippen molar-refractivity contribution in [1.82, 2.24) is 46.0 Å². The first-order valence-electron chi connectivity index (χ1n) is 14.9. The lowest BCUT2D eigenvalue weighted by Gasteiger charge is -2.50.